The fraction of sp³-hybridized carbons (Fsp3) is 0.583. The third-order valence-corrected chi connectivity index (χ3v) is 2.47. The Hall–Kier alpha value is -1.05. The van der Waals surface area contributed by atoms with Gasteiger partial charge >= 0.3 is 0 Å². The maximum atomic E-state index is 4.40. The van der Waals surface area contributed by atoms with E-state index in [1.165, 1.54) is 5.57 Å². The lowest BCUT2D eigenvalue weighted by Gasteiger charge is -2.15. The summed E-state index contributed by atoms with van der Waals surface area (Å²) < 4.78 is 0. The molecule has 0 radical (unpaired) electrons. The van der Waals surface area contributed by atoms with Crippen molar-refractivity contribution in [3.8, 4) is 0 Å². The molecule has 2 nitrogen and oxygen atoms in total. The first-order chi connectivity index (χ1) is 6.59. The monoisotopic (exact) mass is 192 g/mol. The molecule has 0 aromatic heterocycles. The largest absolute Gasteiger partial charge is 0.384 e. The van der Waals surface area contributed by atoms with Crippen LogP contribution in [-0.4, -0.2) is 31.3 Å². The topological polar surface area (TPSA) is 15.6 Å². The van der Waals surface area contributed by atoms with Gasteiger partial charge in [-0.3, -0.25) is 4.99 Å². The Morgan fingerprint density at radius 1 is 1.50 bits per heavy atom. The van der Waals surface area contributed by atoms with Gasteiger partial charge in [0.05, 0.1) is 0 Å². The first-order valence-corrected chi connectivity index (χ1v) is 5.14. The van der Waals surface area contributed by atoms with Crippen molar-refractivity contribution in [1.82, 2.24) is 4.90 Å². The summed E-state index contributed by atoms with van der Waals surface area (Å²) in [6, 6.07) is 0.431. The molecular formula is C12H20N2. The molecule has 0 aromatic carbocycles. The van der Waals surface area contributed by atoms with E-state index in [2.05, 4.69) is 42.1 Å². The first kappa shape index (κ1) is 11.0. The van der Waals surface area contributed by atoms with Crippen LogP contribution in [-0.2, 0) is 0 Å². The summed E-state index contributed by atoms with van der Waals surface area (Å²) in [4.78, 5) is 6.48. The van der Waals surface area contributed by atoms with Gasteiger partial charge in [0.15, 0.2) is 0 Å². The van der Waals surface area contributed by atoms with Gasteiger partial charge in [-0.1, -0.05) is 11.6 Å². The quantitative estimate of drug-likeness (QED) is 0.656. The van der Waals surface area contributed by atoms with Gasteiger partial charge in [-0.2, -0.15) is 0 Å². The van der Waals surface area contributed by atoms with Crippen LogP contribution in [0, 0.1) is 5.92 Å². The van der Waals surface area contributed by atoms with E-state index >= 15 is 0 Å². The van der Waals surface area contributed by atoms with Gasteiger partial charge in [-0.25, -0.2) is 0 Å². The summed E-state index contributed by atoms with van der Waals surface area (Å²) >= 11 is 0. The van der Waals surface area contributed by atoms with Crippen molar-refractivity contribution in [3.05, 3.63) is 23.9 Å². The number of rotatable bonds is 2. The van der Waals surface area contributed by atoms with Gasteiger partial charge in [0.25, 0.3) is 0 Å². The number of aliphatic imine (C=N–C) groups is 1. The van der Waals surface area contributed by atoms with E-state index in [-0.39, 0.29) is 0 Å². The molecule has 0 N–H and O–H groups in total. The number of hydrogen-bond acceptors (Lipinski definition) is 2. The van der Waals surface area contributed by atoms with Crippen LogP contribution in [0.25, 0.3) is 0 Å². The summed E-state index contributed by atoms with van der Waals surface area (Å²) in [7, 11) is 4.10. The zero-order chi connectivity index (χ0) is 10.6. The Balaban J connectivity index is 2.67. The van der Waals surface area contributed by atoms with Crippen molar-refractivity contribution in [2.75, 3.05) is 14.1 Å². The number of nitrogens with zero attached hydrogens (tertiary/aromatic N) is 2. The molecule has 1 aliphatic heterocycles. The molecule has 0 saturated carbocycles. The van der Waals surface area contributed by atoms with E-state index in [1.54, 1.807) is 0 Å². The Morgan fingerprint density at radius 3 is 2.86 bits per heavy atom. The van der Waals surface area contributed by atoms with Crippen LogP contribution in [0.1, 0.15) is 20.3 Å². The van der Waals surface area contributed by atoms with E-state index in [1.807, 2.05) is 20.3 Å². The molecule has 0 saturated heterocycles. The predicted octanol–water partition coefficient (Wildman–Crippen LogP) is 2.49. The Bertz CT molecular complexity index is 261. The molecule has 78 valence electrons. The molecule has 0 amide bonds. The molecule has 0 fully saturated rings. The zero-order valence-corrected chi connectivity index (χ0v) is 9.57. The van der Waals surface area contributed by atoms with Crippen molar-refractivity contribution in [1.29, 1.82) is 0 Å². The van der Waals surface area contributed by atoms with Crippen molar-refractivity contribution >= 4 is 6.21 Å². The minimum atomic E-state index is 0.431. The molecule has 0 aromatic rings. The lowest BCUT2D eigenvalue weighted by atomic mass is 9.94. The van der Waals surface area contributed by atoms with Crippen LogP contribution in [0.15, 0.2) is 28.9 Å². The molecule has 0 aliphatic carbocycles. The van der Waals surface area contributed by atoms with Gasteiger partial charge in [0.1, 0.15) is 0 Å². The summed E-state index contributed by atoms with van der Waals surface area (Å²) in [5.41, 5.74) is 1.40. The lowest BCUT2D eigenvalue weighted by Crippen LogP contribution is -2.08. The van der Waals surface area contributed by atoms with Crippen molar-refractivity contribution in [2.24, 2.45) is 10.9 Å². The summed E-state index contributed by atoms with van der Waals surface area (Å²) in [6.45, 7) is 4.34. The smallest absolute Gasteiger partial charge is 0.0480 e. The standard InChI is InChI=1S/C12H20N2/c1-10-5-7-13-11(2)9-12(10)6-8-14(3)4/h5-8,11-12H,9H2,1-4H3/b8-6-. The maximum absolute atomic E-state index is 4.40. The first-order valence-electron chi connectivity index (χ1n) is 5.14. The SMILES string of the molecule is CC1=CC=NC(C)CC1/C=C\N(C)C. The second kappa shape index (κ2) is 4.99. The van der Waals surface area contributed by atoms with Gasteiger partial charge in [0, 0.05) is 32.3 Å². The molecule has 2 atom stereocenters. The molecule has 0 spiro atoms. The van der Waals surface area contributed by atoms with Crippen molar-refractivity contribution < 1.29 is 0 Å². The van der Waals surface area contributed by atoms with E-state index in [9.17, 15) is 0 Å². The second-order valence-corrected chi connectivity index (χ2v) is 4.21. The normalized spacial score (nSPS) is 27.6. The van der Waals surface area contributed by atoms with Crippen LogP contribution in [0.5, 0.6) is 0 Å². The molecule has 2 unspecified atom stereocenters. The molecule has 1 rings (SSSR count). The summed E-state index contributed by atoms with van der Waals surface area (Å²) in [6.07, 6.45) is 9.55. The van der Waals surface area contributed by atoms with E-state index in [0.717, 1.165) is 6.42 Å². The molecule has 1 aliphatic rings. The van der Waals surface area contributed by atoms with Crippen LogP contribution in [0.3, 0.4) is 0 Å². The van der Waals surface area contributed by atoms with Crippen LogP contribution >= 0.6 is 0 Å². The molecule has 14 heavy (non-hydrogen) atoms. The predicted molar refractivity (Wildman–Crippen MR) is 62.6 cm³/mol. The zero-order valence-electron chi connectivity index (χ0n) is 9.57. The van der Waals surface area contributed by atoms with Crippen LogP contribution in [0.4, 0.5) is 0 Å². The Kier molecular flexibility index (Phi) is 3.93. The van der Waals surface area contributed by atoms with Gasteiger partial charge in [-0.05, 0) is 32.5 Å². The highest BCUT2D eigenvalue weighted by Crippen LogP contribution is 2.21. The summed E-state index contributed by atoms with van der Waals surface area (Å²) in [5.74, 6) is 0.537. The Morgan fingerprint density at radius 2 is 2.21 bits per heavy atom. The van der Waals surface area contributed by atoms with Gasteiger partial charge in [0.2, 0.25) is 0 Å². The average Bonchev–Trinajstić information content (AvgIpc) is 2.25. The van der Waals surface area contributed by atoms with Gasteiger partial charge in [-0.15, -0.1) is 0 Å². The van der Waals surface area contributed by atoms with Crippen molar-refractivity contribution in [3.63, 3.8) is 0 Å². The Labute approximate surface area is 87.0 Å². The van der Waals surface area contributed by atoms with Crippen molar-refractivity contribution in [2.45, 2.75) is 26.3 Å². The molecular weight excluding hydrogens is 172 g/mol. The third-order valence-electron chi connectivity index (χ3n) is 2.47. The minimum absolute atomic E-state index is 0.431. The molecule has 2 heteroatoms. The highest BCUT2D eigenvalue weighted by atomic mass is 15.0. The number of allylic oxidation sites excluding steroid dienone is 3. The third kappa shape index (κ3) is 3.36. The van der Waals surface area contributed by atoms with E-state index in [0.29, 0.717) is 12.0 Å². The summed E-state index contributed by atoms with van der Waals surface area (Å²) in [5, 5.41) is 0. The van der Waals surface area contributed by atoms with E-state index < -0.39 is 0 Å². The average molecular weight is 192 g/mol. The lowest BCUT2D eigenvalue weighted by molar-refractivity contribution is 0.540. The van der Waals surface area contributed by atoms with Gasteiger partial charge < -0.3 is 4.90 Å². The highest BCUT2D eigenvalue weighted by molar-refractivity contribution is 5.72. The molecule has 0 bridgehead atoms. The second-order valence-electron chi connectivity index (χ2n) is 4.21. The molecule has 1 heterocycles. The van der Waals surface area contributed by atoms with Crippen LogP contribution < -0.4 is 0 Å². The number of hydrogen-bond donors (Lipinski definition) is 0. The highest BCUT2D eigenvalue weighted by Gasteiger charge is 2.13. The van der Waals surface area contributed by atoms with E-state index in [4.69, 9.17) is 0 Å². The minimum Gasteiger partial charge on any atom is -0.384 e. The maximum Gasteiger partial charge on any atom is 0.0480 e. The fourth-order valence-corrected chi connectivity index (χ4v) is 1.55. The fourth-order valence-electron chi connectivity index (χ4n) is 1.55. The van der Waals surface area contributed by atoms with Crippen LogP contribution in [0.2, 0.25) is 0 Å².